The van der Waals surface area contributed by atoms with Crippen molar-refractivity contribution in [3.05, 3.63) is 11.9 Å². The van der Waals surface area contributed by atoms with Crippen molar-refractivity contribution < 1.29 is 47.6 Å². The highest BCUT2D eigenvalue weighted by Crippen LogP contribution is 2.30. The molecule has 0 spiro atoms. The first-order valence-corrected chi connectivity index (χ1v) is 12.9. The Morgan fingerprint density at radius 3 is 2.08 bits per heavy atom. The molecule has 0 amide bonds. The molecule has 1 aliphatic rings. The Kier molecular flexibility index (Phi) is 13.1. The van der Waals surface area contributed by atoms with Gasteiger partial charge in [-0.1, -0.05) is 44.2 Å². The number of aromatic nitrogens is 3. The molecule has 5 atom stereocenters. The average Bonchev–Trinajstić information content (AvgIpc) is 3.28. The predicted octanol–water partition coefficient (Wildman–Crippen LogP) is 2.24. The van der Waals surface area contributed by atoms with Gasteiger partial charge in [0, 0.05) is 34.2 Å². The van der Waals surface area contributed by atoms with Crippen molar-refractivity contribution in [2.45, 2.75) is 117 Å². The molecule has 214 valence electrons. The Hall–Kier alpha value is -3.06. The van der Waals surface area contributed by atoms with E-state index in [-0.39, 0.29) is 13.2 Å². The largest absolute Gasteiger partial charge is 0.463 e. The Morgan fingerprint density at radius 2 is 1.45 bits per heavy atom. The molecule has 1 aromatic heterocycles. The summed E-state index contributed by atoms with van der Waals surface area (Å²) >= 11 is 0. The van der Waals surface area contributed by atoms with Crippen molar-refractivity contribution in [3.8, 4) is 0 Å². The van der Waals surface area contributed by atoms with Crippen LogP contribution in [0, 0.1) is 0 Å². The molecule has 13 nitrogen and oxygen atoms in total. The number of carbonyl (C=O) groups excluding carboxylic acids is 4. The minimum Gasteiger partial charge on any atom is -0.463 e. The number of unbranched alkanes of at least 4 members (excludes halogenated alkanes) is 5. The Bertz CT molecular complexity index is 921. The Balaban J connectivity index is 2.14. The summed E-state index contributed by atoms with van der Waals surface area (Å²) in [6, 6.07) is 0. The fraction of sp³-hybridized carbons (Fsp3) is 0.760. The molecule has 0 aliphatic carbocycles. The van der Waals surface area contributed by atoms with Crippen LogP contribution < -0.4 is 0 Å². The molecule has 1 aliphatic heterocycles. The Labute approximate surface area is 222 Å². The minimum atomic E-state index is -1.29. The van der Waals surface area contributed by atoms with E-state index < -0.39 is 54.6 Å². The molecule has 0 N–H and O–H groups in total. The van der Waals surface area contributed by atoms with Gasteiger partial charge < -0.3 is 28.4 Å². The summed E-state index contributed by atoms with van der Waals surface area (Å²) in [4.78, 5) is 47.0. The highest BCUT2D eigenvalue weighted by molar-refractivity contribution is 5.68. The summed E-state index contributed by atoms with van der Waals surface area (Å²) < 4.78 is 34.7. The first-order valence-electron chi connectivity index (χ1n) is 12.9. The number of ether oxygens (including phenoxy) is 6. The standard InChI is InChI=1S/C25H39N3O10/c1-6-7-8-9-10-11-12-28-13-20(26-27-28)14-34-25-24(37-19(5)32)23(36-18(4)31)22(35-17(3)30)21(38-25)15-33-16(2)29/h13,21-25H,6-12,14-15H2,1-5H3/t21-,22-,23+,24-,25-/m1/s1. The van der Waals surface area contributed by atoms with Crippen molar-refractivity contribution in [1.29, 1.82) is 0 Å². The van der Waals surface area contributed by atoms with E-state index in [0.717, 1.165) is 33.2 Å². The second-order valence-electron chi connectivity index (χ2n) is 9.12. The maximum absolute atomic E-state index is 11.9. The van der Waals surface area contributed by atoms with Gasteiger partial charge in [-0.05, 0) is 6.42 Å². The Morgan fingerprint density at radius 1 is 0.842 bits per heavy atom. The van der Waals surface area contributed by atoms with Crippen LogP contribution in [-0.4, -0.2) is 76.2 Å². The van der Waals surface area contributed by atoms with Gasteiger partial charge >= 0.3 is 23.9 Å². The van der Waals surface area contributed by atoms with Gasteiger partial charge in [0.25, 0.3) is 0 Å². The summed E-state index contributed by atoms with van der Waals surface area (Å²) in [5, 5.41) is 8.24. The van der Waals surface area contributed by atoms with E-state index in [1.807, 2.05) is 0 Å². The normalized spacial score (nSPS) is 22.9. The number of hydrogen-bond donors (Lipinski definition) is 0. The van der Waals surface area contributed by atoms with Gasteiger partial charge in [-0.15, -0.1) is 5.10 Å². The summed E-state index contributed by atoms with van der Waals surface area (Å²) in [7, 11) is 0. The molecular formula is C25H39N3O10. The van der Waals surface area contributed by atoms with Crippen molar-refractivity contribution in [3.63, 3.8) is 0 Å². The lowest BCUT2D eigenvalue weighted by Crippen LogP contribution is -2.62. The molecule has 0 saturated carbocycles. The zero-order valence-electron chi connectivity index (χ0n) is 22.8. The van der Waals surface area contributed by atoms with Gasteiger partial charge in [-0.2, -0.15) is 0 Å². The van der Waals surface area contributed by atoms with E-state index in [0.29, 0.717) is 5.69 Å². The third kappa shape index (κ3) is 10.7. The first kappa shape index (κ1) is 31.2. The highest BCUT2D eigenvalue weighted by atomic mass is 16.7. The second-order valence-corrected chi connectivity index (χ2v) is 9.12. The summed E-state index contributed by atoms with van der Waals surface area (Å²) in [6.07, 6.45) is 2.53. The molecule has 2 heterocycles. The molecule has 0 bridgehead atoms. The molecule has 0 aromatic carbocycles. The number of hydrogen-bond acceptors (Lipinski definition) is 12. The van der Waals surface area contributed by atoms with Gasteiger partial charge in [0.1, 0.15) is 18.4 Å². The van der Waals surface area contributed by atoms with E-state index in [1.54, 1.807) is 10.9 Å². The maximum atomic E-state index is 11.9. The molecule has 38 heavy (non-hydrogen) atoms. The average molecular weight is 542 g/mol. The minimum absolute atomic E-state index is 0.0652. The fourth-order valence-corrected chi connectivity index (χ4v) is 4.06. The van der Waals surface area contributed by atoms with Crippen LogP contribution in [0.25, 0.3) is 0 Å². The number of esters is 4. The van der Waals surface area contributed by atoms with Gasteiger partial charge in [0.15, 0.2) is 24.6 Å². The maximum Gasteiger partial charge on any atom is 0.303 e. The van der Waals surface area contributed by atoms with Crippen LogP contribution in [0.15, 0.2) is 6.20 Å². The van der Waals surface area contributed by atoms with E-state index in [2.05, 4.69) is 17.2 Å². The van der Waals surface area contributed by atoms with E-state index >= 15 is 0 Å². The first-order chi connectivity index (χ1) is 18.1. The van der Waals surface area contributed by atoms with Crippen molar-refractivity contribution in [2.24, 2.45) is 0 Å². The van der Waals surface area contributed by atoms with Gasteiger partial charge in [-0.3, -0.25) is 23.9 Å². The molecule has 0 radical (unpaired) electrons. The monoisotopic (exact) mass is 541 g/mol. The molecule has 1 fully saturated rings. The molecule has 0 unspecified atom stereocenters. The topological polar surface area (TPSA) is 154 Å². The number of aryl methyl sites for hydroxylation is 1. The predicted molar refractivity (Wildman–Crippen MR) is 130 cm³/mol. The highest BCUT2D eigenvalue weighted by Gasteiger charge is 2.52. The lowest BCUT2D eigenvalue weighted by atomic mass is 9.98. The zero-order valence-corrected chi connectivity index (χ0v) is 22.8. The van der Waals surface area contributed by atoms with E-state index in [1.165, 1.54) is 39.5 Å². The SMILES string of the molecule is CCCCCCCCn1cc(CO[C@@H]2O[C@H](COC(C)=O)[C@@H](OC(C)=O)[C@H](OC(C)=O)[C@H]2OC(C)=O)nn1. The van der Waals surface area contributed by atoms with Crippen LogP contribution in [0.5, 0.6) is 0 Å². The van der Waals surface area contributed by atoms with Crippen LogP contribution in [0.2, 0.25) is 0 Å². The van der Waals surface area contributed by atoms with Crippen LogP contribution in [0.1, 0.15) is 78.8 Å². The molecule has 13 heteroatoms. The van der Waals surface area contributed by atoms with E-state index in [9.17, 15) is 19.2 Å². The lowest BCUT2D eigenvalue weighted by molar-refractivity contribution is -0.310. The van der Waals surface area contributed by atoms with Crippen LogP contribution in [0.4, 0.5) is 0 Å². The van der Waals surface area contributed by atoms with Crippen molar-refractivity contribution >= 4 is 23.9 Å². The summed E-state index contributed by atoms with van der Waals surface area (Å²) in [5.74, 6) is -2.71. The molecule has 1 saturated heterocycles. The van der Waals surface area contributed by atoms with Gasteiger partial charge in [-0.25, -0.2) is 0 Å². The van der Waals surface area contributed by atoms with Gasteiger partial charge in [0.2, 0.25) is 0 Å². The third-order valence-electron chi connectivity index (χ3n) is 5.67. The number of rotatable bonds is 15. The second kappa shape index (κ2) is 16.0. The van der Waals surface area contributed by atoms with Crippen LogP contribution in [0.3, 0.4) is 0 Å². The van der Waals surface area contributed by atoms with E-state index in [4.69, 9.17) is 28.4 Å². The van der Waals surface area contributed by atoms with Crippen LogP contribution in [-0.2, 0) is 60.8 Å². The molecular weight excluding hydrogens is 502 g/mol. The summed E-state index contributed by atoms with van der Waals surface area (Å²) in [5.41, 5.74) is 0.504. The van der Waals surface area contributed by atoms with Gasteiger partial charge in [0.05, 0.1) is 12.8 Å². The summed E-state index contributed by atoms with van der Waals surface area (Å²) in [6.45, 7) is 7.20. The molecule has 1 aromatic rings. The molecule has 2 rings (SSSR count). The fourth-order valence-electron chi connectivity index (χ4n) is 4.06. The zero-order chi connectivity index (χ0) is 28.1. The van der Waals surface area contributed by atoms with Crippen molar-refractivity contribution in [2.75, 3.05) is 6.61 Å². The lowest BCUT2D eigenvalue weighted by Gasteiger charge is -2.43. The third-order valence-corrected chi connectivity index (χ3v) is 5.67. The number of carbonyl (C=O) groups is 4. The van der Waals surface area contributed by atoms with Crippen molar-refractivity contribution in [1.82, 2.24) is 15.0 Å². The quantitative estimate of drug-likeness (QED) is 0.182. The smallest absolute Gasteiger partial charge is 0.303 e. The number of nitrogens with zero attached hydrogens (tertiary/aromatic N) is 3. The van der Waals surface area contributed by atoms with Crippen LogP contribution >= 0.6 is 0 Å².